The van der Waals surface area contributed by atoms with Crippen LogP contribution in [-0.2, 0) is 9.53 Å². The van der Waals surface area contributed by atoms with Gasteiger partial charge in [0.25, 0.3) is 0 Å². The lowest BCUT2D eigenvalue weighted by Gasteiger charge is -2.21. The maximum atomic E-state index is 12.0. The fourth-order valence-corrected chi connectivity index (χ4v) is 2.97. The van der Waals surface area contributed by atoms with Crippen molar-refractivity contribution < 1.29 is 33.6 Å². The molecule has 3 rings (SSSR count). The zero-order chi connectivity index (χ0) is 18.7. The van der Waals surface area contributed by atoms with Crippen LogP contribution in [0.2, 0.25) is 0 Å². The topological polar surface area (TPSA) is 83.5 Å². The molecule has 0 amide bonds. The number of rotatable bonds is 6. The van der Waals surface area contributed by atoms with Crippen LogP contribution in [0.4, 0.5) is 0 Å². The first-order chi connectivity index (χ1) is 12.6. The standard InChI is InChI=1S/C19H20O7/c1-22-11-4-5-12(16(6-11)23-2)13(8-19(21)24-3)14-7-17-18(9-15(14)20)26-10-25-17/h4-7,9,13,20H,8,10H2,1-3H3/t13-/m0/s1. The molecule has 1 N–H and O–H groups in total. The predicted octanol–water partition coefficient (Wildman–Crippen LogP) is 2.83. The maximum Gasteiger partial charge on any atom is 0.306 e. The van der Waals surface area contributed by atoms with Gasteiger partial charge in [-0.25, -0.2) is 0 Å². The highest BCUT2D eigenvalue weighted by Gasteiger charge is 2.28. The van der Waals surface area contributed by atoms with E-state index in [1.54, 1.807) is 31.4 Å². The van der Waals surface area contributed by atoms with E-state index in [2.05, 4.69) is 0 Å². The minimum absolute atomic E-state index is 0.000948. The average molecular weight is 360 g/mol. The van der Waals surface area contributed by atoms with Crippen molar-refractivity contribution >= 4 is 5.97 Å². The first kappa shape index (κ1) is 17.7. The predicted molar refractivity (Wildman–Crippen MR) is 92.3 cm³/mol. The van der Waals surface area contributed by atoms with Gasteiger partial charge in [-0.15, -0.1) is 0 Å². The molecule has 2 aromatic carbocycles. The van der Waals surface area contributed by atoms with Crippen molar-refractivity contribution in [1.82, 2.24) is 0 Å². The number of carbonyl (C=O) groups is 1. The molecular formula is C19H20O7. The first-order valence-corrected chi connectivity index (χ1v) is 7.98. The van der Waals surface area contributed by atoms with Gasteiger partial charge >= 0.3 is 5.97 Å². The number of esters is 1. The highest BCUT2D eigenvalue weighted by atomic mass is 16.7. The van der Waals surface area contributed by atoms with Crippen LogP contribution < -0.4 is 18.9 Å². The molecular weight excluding hydrogens is 340 g/mol. The molecule has 0 fully saturated rings. The third-order valence-corrected chi connectivity index (χ3v) is 4.31. The van der Waals surface area contributed by atoms with Gasteiger partial charge in [0.2, 0.25) is 6.79 Å². The number of hydrogen-bond acceptors (Lipinski definition) is 7. The number of phenols is 1. The van der Waals surface area contributed by atoms with Crippen LogP contribution in [0.1, 0.15) is 23.5 Å². The van der Waals surface area contributed by atoms with Gasteiger partial charge in [-0.1, -0.05) is 6.07 Å². The van der Waals surface area contributed by atoms with E-state index in [1.165, 1.54) is 20.3 Å². The van der Waals surface area contributed by atoms with E-state index in [-0.39, 0.29) is 19.0 Å². The Balaban J connectivity index is 2.11. The second-order valence-corrected chi connectivity index (χ2v) is 5.71. The summed E-state index contributed by atoms with van der Waals surface area (Å²) in [5.74, 6) is 1.22. The number of aromatic hydroxyl groups is 1. The quantitative estimate of drug-likeness (QED) is 0.793. The van der Waals surface area contributed by atoms with Gasteiger partial charge in [-0.3, -0.25) is 4.79 Å². The number of carbonyl (C=O) groups excluding carboxylic acids is 1. The number of fused-ring (bicyclic) bond motifs is 1. The molecule has 0 bridgehead atoms. The fraction of sp³-hybridized carbons (Fsp3) is 0.316. The molecule has 7 nitrogen and oxygen atoms in total. The van der Waals surface area contributed by atoms with Crippen LogP contribution in [0.15, 0.2) is 30.3 Å². The Morgan fingerprint density at radius 3 is 2.46 bits per heavy atom. The first-order valence-electron chi connectivity index (χ1n) is 7.98. The molecule has 0 saturated heterocycles. The van der Waals surface area contributed by atoms with Gasteiger partial charge in [-0.05, 0) is 12.1 Å². The average Bonchev–Trinajstić information content (AvgIpc) is 3.12. The van der Waals surface area contributed by atoms with Gasteiger partial charge in [0.05, 0.1) is 27.8 Å². The zero-order valence-electron chi connectivity index (χ0n) is 14.8. The molecule has 0 radical (unpaired) electrons. The minimum Gasteiger partial charge on any atom is -0.508 e. The third kappa shape index (κ3) is 3.33. The van der Waals surface area contributed by atoms with Gasteiger partial charge in [0.15, 0.2) is 11.5 Å². The molecule has 0 unspecified atom stereocenters. The summed E-state index contributed by atoms with van der Waals surface area (Å²) in [6, 6.07) is 8.46. The lowest BCUT2D eigenvalue weighted by molar-refractivity contribution is -0.140. The number of methoxy groups -OCH3 is 3. The second kappa shape index (κ2) is 7.43. The van der Waals surface area contributed by atoms with E-state index in [0.717, 1.165) is 0 Å². The molecule has 26 heavy (non-hydrogen) atoms. The highest BCUT2D eigenvalue weighted by molar-refractivity contribution is 5.72. The smallest absolute Gasteiger partial charge is 0.306 e. The second-order valence-electron chi connectivity index (χ2n) is 5.71. The SMILES string of the molecule is COC(=O)C[C@H](c1cc2c(cc1O)OCO2)c1ccc(OC)cc1OC. The van der Waals surface area contributed by atoms with Crippen LogP contribution in [-0.4, -0.2) is 39.2 Å². The van der Waals surface area contributed by atoms with E-state index < -0.39 is 11.9 Å². The maximum absolute atomic E-state index is 12.0. The molecule has 2 aromatic rings. The molecule has 138 valence electrons. The lowest BCUT2D eigenvalue weighted by atomic mass is 9.87. The van der Waals surface area contributed by atoms with Crippen molar-refractivity contribution in [3.05, 3.63) is 41.5 Å². The van der Waals surface area contributed by atoms with Gasteiger partial charge in [0.1, 0.15) is 17.2 Å². The Morgan fingerprint density at radius 2 is 1.81 bits per heavy atom. The highest BCUT2D eigenvalue weighted by Crippen LogP contribution is 2.45. The molecule has 0 aromatic heterocycles. The Labute approximate surface area is 151 Å². The Bertz CT molecular complexity index is 816. The third-order valence-electron chi connectivity index (χ3n) is 4.31. The summed E-state index contributed by atoms with van der Waals surface area (Å²) in [6.07, 6.45) is 0.0202. The van der Waals surface area contributed by atoms with Gasteiger partial charge in [0, 0.05) is 29.2 Å². The van der Waals surface area contributed by atoms with Gasteiger partial charge < -0.3 is 28.8 Å². The largest absolute Gasteiger partial charge is 0.508 e. The van der Waals surface area contributed by atoms with Crippen molar-refractivity contribution in [2.45, 2.75) is 12.3 Å². The van der Waals surface area contributed by atoms with E-state index in [9.17, 15) is 9.90 Å². The molecule has 7 heteroatoms. The molecule has 0 saturated carbocycles. The molecule has 0 aliphatic carbocycles. The van der Waals surface area contributed by atoms with Crippen molar-refractivity contribution in [3.63, 3.8) is 0 Å². The summed E-state index contributed by atoms with van der Waals surface area (Å²) in [5, 5.41) is 10.5. The number of ether oxygens (including phenoxy) is 5. The molecule has 1 aliphatic rings. The van der Waals surface area contributed by atoms with Crippen LogP contribution in [0.5, 0.6) is 28.7 Å². The molecule has 0 spiro atoms. The summed E-state index contributed by atoms with van der Waals surface area (Å²) in [6.45, 7) is 0.0890. The van der Waals surface area contributed by atoms with Crippen LogP contribution >= 0.6 is 0 Å². The molecule has 1 heterocycles. The van der Waals surface area contributed by atoms with Crippen LogP contribution in [0, 0.1) is 0 Å². The monoisotopic (exact) mass is 360 g/mol. The van der Waals surface area contributed by atoms with Gasteiger partial charge in [-0.2, -0.15) is 0 Å². The summed E-state index contributed by atoms with van der Waals surface area (Å²) in [5.41, 5.74) is 1.23. The Hall–Kier alpha value is -3.09. The fourth-order valence-electron chi connectivity index (χ4n) is 2.97. The van der Waals surface area contributed by atoms with Crippen molar-refractivity contribution in [3.8, 4) is 28.7 Å². The van der Waals surface area contributed by atoms with Crippen molar-refractivity contribution in [1.29, 1.82) is 0 Å². The van der Waals surface area contributed by atoms with E-state index >= 15 is 0 Å². The van der Waals surface area contributed by atoms with E-state index in [1.807, 2.05) is 0 Å². The van der Waals surface area contributed by atoms with E-state index in [4.69, 9.17) is 23.7 Å². The minimum atomic E-state index is -0.502. The summed E-state index contributed by atoms with van der Waals surface area (Å²) in [7, 11) is 4.42. The van der Waals surface area contributed by atoms with Crippen molar-refractivity contribution in [2.24, 2.45) is 0 Å². The zero-order valence-corrected chi connectivity index (χ0v) is 14.8. The van der Waals surface area contributed by atoms with Crippen molar-refractivity contribution in [2.75, 3.05) is 28.1 Å². The van der Waals surface area contributed by atoms with Crippen LogP contribution in [0.3, 0.4) is 0 Å². The Morgan fingerprint density at radius 1 is 1.08 bits per heavy atom. The Kier molecular flexibility index (Phi) is 5.06. The number of benzene rings is 2. The van der Waals surface area contributed by atoms with E-state index in [0.29, 0.717) is 34.1 Å². The number of hydrogen-bond donors (Lipinski definition) is 1. The summed E-state index contributed by atoms with van der Waals surface area (Å²) in [4.78, 5) is 12.0. The number of phenolic OH excluding ortho intramolecular Hbond substituents is 1. The van der Waals surface area contributed by atoms with Crippen LogP contribution in [0.25, 0.3) is 0 Å². The molecule has 1 aliphatic heterocycles. The normalized spacial score (nSPS) is 13.2. The summed E-state index contributed by atoms with van der Waals surface area (Å²) < 4.78 is 26.2. The summed E-state index contributed by atoms with van der Waals surface area (Å²) >= 11 is 0. The lowest BCUT2D eigenvalue weighted by Crippen LogP contribution is -2.11. The molecule has 1 atom stereocenters.